The zero-order valence-corrected chi connectivity index (χ0v) is 17.5. The molecule has 156 valence electrons. The van der Waals surface area contributed by atoms with Gasteiger partial charge in [0, 0.05) is 31.5 Å². The van der Waals surface area contributed by atoms with Crippen LogP contribution in [0.3, 0.4) is 0 Å². The lowest BCUT2D eigenvalue weighted by molar-refractivity contribution is -0.384. The largest absolute Gasteiger partial charge is 0.357 e. The van der Waals surface area contributed by atoms with Crippen LogP contribution in [0.25, 0.3) is 0 Å². The van der Waals surface area contributed by atoms with E-state index in [0.29, 0.717) is 18.8 Å². The highest BCUT2D eigenvalue weighted by Gasteiger charge is 2.24. The molecule has 0 aliphatic carbocycles. The fourth-order valence-corrected chi connectivity index (χ4v) is 3.88. The molecule has 0 saturated heterocycles. The van der Waals surface area contributed by atoms with E-state index in [-0.39, 0.29) is 10.6 Å². The summed E-state index contributed by atoms with van der Waals surface area (Å²) in [5, 5.41) is 11.8. The summed E-state index contributed by atoms with van der Waals surface area (Å²) in [6.07, 6.45) is 3.37. The highest BCUT2D eigenvalue weighted by atomic mass is 32.2. The second-order valence-electron chi connectivity index (χ2n) is 6.76. The Morgan fingerprint density at radius 2 is 1.87 bits per heavy atom. The van der Waals surface area contributed by atoms with E-state index in [4.69, 9.17) is 0 Å². The molecule has 2 aromatic carbocycles. The molecule has 0 unspecified atom stereocenters. The van der Waals surface area contributed by atoms with Crippen LogP contribution in [0, 0.1) is 17.0 Å². The molecule has 30 heavy (non-hydrogen) atoms. The smallest absolute Gasteiger partial charge is 0.293 e. The molecule has 0 aliphatic heterocycles. The molecular weight excluding hydrogens is 404 g/mol. The predicted octanol–water partition coefficient (Wildman–Crippen LogP) is 3.41. The van der Waals surface area contributed by atoms with E-state index in [1.807, 2.05) is 42.2 Å². The van der Waals surface area contributed by atoms with Crippen LogP contribution in [0.15, 0.2) is 71.9 Å². The van der Waals surface area contributed by atoms with Crippen LogP contribution in [-0.2, 0) is 23.1 Å². The zero-order valence-electron chi connectivity index (χ0n) is 16.6. The van der Waals surface area contributed by atoms with Crippen molar-refractivity contribution in [2.24, 2.45) is 0 Å². The van der Waals surface area contributed by atoms with Gasteiger partial charge in [-0.15, -0.1) is 0 Å². The van der Waals surface area contributed by atoms with Gasteiger partial charge < -0.3 is 4.90 Å². The first-order valence-corrected chi connectivity index (χ1v) is 10.7. The van der Waals surface area contributed by atoms with Crippen molar-refractivity contribution >= 4 is 21.4 Å². The average molecular weight is 426 g/mol. The number of sulfonamides is 1. The van der Waals surface area contributed by atoms with Crippen molar-refractivity contribution in [2.45, 2.75) is 24.9 Å². The number of nitro benzene ring substituents is 1. The highest BCUT2D eigenvalue weighted by molar-refractivity contribution is 7.89. The number of aryl methyl sites for hydroxylation is 1. The van der Waals surface area contributed by atoms with Crippen LogP contribution in [0.4, 0.5) is 11.4 Å². The SMILES string of the molecule is CNS(=O)(=O)c1ccc(N(Cc2cccnc2)Cc2ccccc2C)c([N+](=O)[O-])c1. The number of hydrogen-bond acceptors (Lipinski definition) is 6. The maximum Gasteiger partial charge on any atom is 0.293 e. The number of aromatic nitrogens is 1. The van der Waals surface area contributed by atoms with Gasteiger partial charge >= 0.3 is 0 Å². The molecule has 0 aliphatic rings. The van der Waals surface area contributed by atoms with Crippen LogP contribution >= 0.6 is 0 Å². The number of nitrogens with zero attached hydrogens (tertiary/aromatic N) is 3. The van der Waals surface area contributed by atoms with Gasteiger partial charge in [-0.3, -0.25) is 15.1 Å². The van der Waals surface area contributed by atoms with Gasteiger partial charge in [0.1, 0.15) is 5.69 Å². The molecule has 8 nitrogen and oxygen atoms in total. The molecule has 0 atom stereocenters. The molecule has 3 aromatic rings. The van der Waals surface area contributed by atoms with E-state index in [1.54, 1.807) is 18.5 Å². The fourth-order valence-electron chi connectivity index (χ4n) is 3.13. The minimum atomic E-state index is -3.80. The zero-order chi connectivity index (χ0) is 21.7. The number of anilines is 1. The Kier molecular flexibility index (Phi) is 6.43. The number of nitrogens with one attached hydrogen (secondary N) is 1. The van der Waals surface area contributed by atoms with Gasteiger partial charge in [0.25, 0.3) is 5.69 Å². The molecule has 0 fully saturated rings. The van der Waals surface area contributed by atoms with E-state index in [9.17, 15) is 18.5 Å². The van der Waals surface area contributed by atoms with Crippen molar-refractivity contribution in [1.29, 1.82) is 0 Å². The van der Waals surface area contributed by atoms with Gasteiger partial charge in [0.15, 0.2) is 0 Å². The van der Waals surface area contributed by atoms with Gasteiger partial charge in [0.2, 0.25) is 10.0 Å². The average Bonchev–Trinajstić information content (AvgIpc) is 2.75. The van der Waals surface area contributed by atoms with Crippen molar-refractivity contribution < 1.29 is 13.3 Å². The van der Waals surface area contributed by atoms with Crippen LogP contribution in [0.1, 0.15) is 16.7 Å². The molecule has 1 N–H and O–H groups in total. The third-order valence-corrected chi connectivity index (χ3v) is 6.19. The Morgan fingerprint density at radius 1 is 1.10 bits per heavy atom. The lowest BCUT2D eigenvalue weighted by Gasteiger charge is -2.26. The molecule has 3 rings (SSSR count). The van der Waals surface area contributed by atoms with E-state index in [2.05, 4.69) is 9.71 Å². The van der Waals surface area contributed by atoms with E-state index < -0.39 is 14.9 Å². The molecule has 1 heterocycles. The monoisotopic (exact) mass is 426 g/mol. The summed E-state index contributed by atoms with van der Waals surface area (Å²) in [5.41, 5.74) is 3.02. The van der Waals surface area contributed by atoms with Gasteiger partial charge in [-0.05, 0) is 48.9 Å². The molecule has 0 amide bonds. The second kappa shape index (κ2) is 9.02. The quantitative estimate of drug-likeness (QED) is 0.437. The van der Waals surface area contributed by atoms with Crippen molar-refractivity contribution in [2.75, 3.05) is 11.9 Å². The van der Waals surface area contributed by atoms with E-state index >= 15 is 0 Å². The standard InChI is InChI=1S/C21H22N4O4S/c1-16-6-3-4-8-18(16)15-24(14-17-7-5-11-23-13-17)20-10-9-19(30(28,29)22-2)12-21(20)25(26)27/h3-13,22H,14-15H2,1-2H3. The van der Waals surface area contributed by atoms with Crippen molar-refractivity contribution in [3.63, 3.8) is 0 Å². The Balaban J connectivity index is 2.10. The van der Waals surface area contributed by atoms with Gasteiger partial charge in [-0.25, -0.2) is 13.1 Å². The van der Waals surface area contributed by atoms with Gasteiger partial charge in [-0.1, -0.05) is 30.3 Å². The predicted molar refractivity (Wildman–Crippen MR) is 115 cm³/mol. The van der Waals surface area contributed by atoms with E-state index in [1.165, 1.54) is 19.2 Å². The van der Waals surface area contributed by atoms with E-state index in [0.717, 1.165) is 22.8 Å². The summed E-state index contributed by atoms with van der Waals surface area (Å²) in [5.74, 6) is 0. The summed E-state index contributed by atoms with van der Waals surface area (Å²) >= 11 is 0. The summed E-state index contributed by atoms with van der Waals surface area (Å²) in [7, 11) is -2.54. The van der Waals surface area contributed by atoms with Crippen LogP contribution in [-0.4, -0.2) is 25.4 Å². The van der Waals surface area contributed by atoms with Crippen molar-refractivity contribution in [3.05, 3.63) is 93.8 Å². The van der Waals surface area contributed by atoms with Gasteiger partial charge in [-0.2, -0.15) is 0 Å². The Hall–Kier alpha value is -3.30. The number of hydrogen-bond donors (Lipinski definition) is 1. The first kappa shape index (κ1) is 21.4. The lowest BCUT2D eigenvalue weighted by Crippen LogP contribution is -2.24. The minimum absolute atomic E-state index is 0.155. The lowest BCUT2D eigenvalue weighted by atomic mass is 10.1. The number of rotatable bonds is 8. The molecule has 0 spiro atoms. The Labute approximate surface area is 175 Å². The number of pyridine rings is 1. The number of benzene rings is 2. The Morgan fingerprint density at radius 3 is 2.50 bits per heavy atom. The third kappa shape index (κ3) is 4.81. The molecule has 1 aromatic heterocycles. The van der Waals surface area contributed by atoms with Crippen LogP contribution in [0.5, 0.6) is 0 Å². The Bertz CT molecular complexity index is 1150. The fraction of sp³-hybridized carbons (Fsp3) is 0.190. The summed E-state index contributed by atoms with van der Waals surface area (Å²) in [6.45, 7) is 2.77. The molecule has 0 bridgehead atoms. The number of nitro groups is 1. The minimum Gasteiger partial charge on any atom is -0.357 e. The first-order valence-electron chi connectivity index (χ1n) is 9.22. The first-order chi connectivity index (χ1) is 14.3. The normalized spacial score (nSPS) is 11.3. The highest BCUT2D eigenvalue weighted by Crippen LogP contribution is 2.33. The molecule has 9 heteroatoms. The topological polar surface area (TPSA) is 105 Å². The summed E-state index contributed by atoms with van der Waals surface area (Å²) in [4.78, 5) is 17.1. The molecular formula is C21H22N4O4S. The third-order valence-electron chi connectivity index (χ3n) is 4.78. The summed E-state index contributed by atoms with van der Waals surface area (Å²) < 4.78 is 26.4. The second-order valence-corrected chi connectivity index (χ2v) is 8.65. The maximum absolute atomic E-state index is 12.1. The molecule has 0 radical (unpaired) electrons. The van der Waals surface area contributed by atoms with Crippen LogP contribution < -0.4 is 9.62 Å². The summed E-state index contributed by atoms with van der Waals surface area (Å²) in [6, 6.07) is 15.5. The van der Waals surface area contributed by atoms with Crippen molar-refractivity contribution in [1.82, 2.24) is 9.71 Å². The maximum atomic E-state index is 12.1. The molecule has 0 saturated carbocycles. The van der Waals surface area contributed by atoms with Crippen molar-refractivity contribution in [3.8, 4) is 0 Å². The van der Waals surface area contributed by atoms with Gasteiger partial charge in [0.05, 0.1) is 9.82 Å². The van der Waals surface area contributed by atoms with Crippen LogP contribution in [0.2, 0.25) is 0 Å².